The first-order valence-corrected chi connectivity index (χ1v) is 4.48. The Kier molecular flexibility index (Phi) is 3.66. The standard InChI is InChI=1S/C9H11F4N3/c1-6-3-15-7(4-14-6)16(2)5-9(12,13)8(10)11/h3-4,8H,5H2,1-2H3. The van der Waals surface area contributed by atoms with Crippen LogP contribution in [0.15, 0.2) is 12.4 Å². The predicted molar refractivity (Wildman–Crippen MR) is 51.0 cm³/mol. The van der Waals surface area contributed by atoms with E-state index < -0.39 is 18.9 Å². The van der Waals surface area contributed by atoms with E-state index >= 15 is 0 Å². The molecule has 0 saturated heterocycles. The molecule has 0 amide bonds. The van der Waals surface area contributed by atoms with Crippen molar-refractivity contribution in [1.29, 1.82) is 0 Å². The number of halogens is 4. The Morgan fingerprint density at radius 1 is 1.31 bits per heavy atom. The van der Waals surface area contributed by atoms with Crippen molar-refractivity contribution >= 4 is 5.82 Å². The molecule has 0 unspecified atom stereocenters. The van der Waals surface area contributed by atoms with E-state index in [1.54, 1.807) is 6.92 Å². The Morgan fingerprint density at radius 2 is 1.94 bits per heavy atom. The van der Waals surface area contributed by atoms with Gasteiger partial charge in [0.2, 0.25) is 0 Å². The normalized spacial score (nSPS) is 11.9. The van der Waals surface area contributed by atoms with Gasteiger partial charge in [-0.15, -0.1) is 0 Å². The number of aryl methyl sites for hydroxylation is 1. The fourth-order valence-corrected chi connectivity index (χ4v) is 1.05. The van der Waals surface area contributed by atoms with Crippen LogP contribution in [0.3, 0.4) is 0 Å². The van der Waals surface area contributed by atoms with Crippen LogP contribution in [0.5, 0.6) is 0 Å². The SMILES string of the molecule is Cc1cnc(N(C)CC(F)(F)C(F)F)cn1. The maximum Gasteiger partial charge on any atom is 0.324 e. The number of nitrogens with zero attached hydrogens (tertiary/aromatic N) is 3. The highest BCUT2D eigenvalue weighted by Gasteiger charge is 2.41. The van der Waals surface area contributed by atoms with Crippen LogP contribution in [0.25, 0.3) is 0 Å². The van der Waals surface area contributed by atoms with Gasteiger partial charge >= 0.3 is 12.3 Å². The second-order valence-electron chi connectivity index (χ2n) is 3.43. The van der Waals surface area contributed by atoms with E-state index in [1.807, 2.05) is 0 Å². The van der Waals surface area contributed by atoms with E-state index in [2.05, 4.69) is 9.97 Å². The third-order valence-corrected chi connectivity index (χ3v) is 1.93. The Bertz CT molecular complexity index is 339. The van der Waals surface area contributed by atoms with Crippen molar-refractivity contribution < 1.29 is 17.6 Å². The Labute approximate surface area is 90.1 Å². The summed E-state index contributed by atoms with van der Waals surface area (Å²) < 4.78 is 49.3. The number of alkyl halides is 4. The van der Waals surface area contributed by atoms with E-state index in [0.29, 0.717) is 5.69 Å². The molecule has 16 heavy (non-hydrogen) atoms. The molecular formula is C9H11F4N3. The van der Waals surface area contributed by atoms with Crippen LogP contribution in [0.2, 0.25) is 0 Å². The van der Waals surface area contributed by atoms with Gasteiger partial charge < -0.3 is 4.90 Å². The van der Waals surface area contributed by atoms with Crippen LogP contribution in [0.4, 0.5) is 23.4 Å². The van der Waals surface area contributed by atoms with Crippen LogP contribution in [0.1, 0.15) is 5.69 Å². The van der Waals surface area contributed by atoms with Gasteiger partial charge in [-0.25, -0.2) is 13.8 Å². The summed E-state index contributed by atoms with van der Waals surface area (Å²) in [7, 11) is 1.26. The molecule has 0 aliphatic rings. The second kappa shape index (κ2) is 4.63. The molecule has 0 fully saturated rings. The predicted octanol–water partition coefficient (Wildman–Crippen LogP) is 2.12. The Hall–Kier alpha value is -1.40. The van der Waals surface area contributed by atoms with Crippen molar-refractivity contribution in [2.75, 3.05) is 18.5 Å². The lowest BCUT2D eigenvalue weighted by Crippen LogP contribution is -2.40. The summed E-state index contributed by atoms with van der Waals surface area (Å²) in [4.78, 5) is 8.59. The van der Waals surface area contributed by atoms with E-state index in [4.69, 9.17) is 0 Å². The quantitative estimate of drug-likeness (QED) is 0.751. The van der Waals surface area contributed by atoms with E-state index in [0.717, 1.165) is 4.90 Å². The molecule has 1 heterocycles. The lowest BCUT2D eigenvalue weighted by Gasteiger charge is -2.23. The second-order valence-corrected chi connectivity index (χ2v) is 3.43. The zero-order valence-corrected chi connectivity index (χ0v) is 8.79. The van der Waals surface area contributed by atoms with Crippen molar-refractivity contribution in [2.45, 2.75) is 19.3 Å². The summed E-state index contributed by atoms with van der Waals surface area (Å²) in [6, 6.07) is 0. The van der Waals surface area contributed by atoms with Crippen LogP contribution in [-0.4, -0.2) is 35.9 Å². The van der Waals surface area contributed by atoms with Crippen molar-refractivity contribution in [3.8, 4) is 0 Å². The van der Waals surface area contributed by atoms with E-state index in [1.165, 1.54) is 19.4 Å². The van der Waals surface area contributed by atoms with Crippen molar-refractivity contribution in [3.05, 3.63) is 18.1 Å². The van der Waals surface area contributed by atoms with Gasteiger partial charge in [-0.05, 0) is 6.92 Å². The Balaban J connectivity index is 2.72. The molecule has 0 aromatic carbocycles. The molecule has 0 saturated carbocycles. The van der Waals surface area contributed by atoms with Crippen molar-refractivity contribution in [3.63, 3.8) is 0 Å². The summed E-state index contributed by atoms with van der Waals surface area (Å²) in [5, 5.41) is 0. The highest BCUT2D eigenvalue weighted by Crippen LogP contribution is 2.24. The monoisotopic (exact) mass is 237 g/mol. The zero-order valence-electron chi connectivity index (χ0n) is 8.79. The van der Waals surface area contributed by atoms with E-state index in [-0.39, 0.29) is 5.82 Å². The molecule has 0 aliphatic heterocycles. The smallest absolute Gasteiger partial charge is 0.324 e. The van der Waals surface area contributed by atoms with Gasteiger partial charge in [0, 0.05) is 7.05 Å². The van der Waals surface area contributed by atoms with Crippen LogP contribution >= 0.6 is 0 Å². The van der Waals surface area contributed by atoms with Crippen LogP contribution in [0, 0.1) is 6.92 Å². The lowest BCUT2D eigenvalue weighted by molar-refractivity contribution is -0.120. The first-order chi connectivity index (χ1) is 7.33. The molecule has 1 aromatic rings. The fraction of sp³-hybridized carbons (Fsp3) is 0.556. The molecule has 3 nitrogen and oxygen atoms in total. The van der Waals surface area contributed by atoms with Gasteiger partial charge in [0.1, 0.15) is 5.82 Å². The number of hydrogen-bond acceptors (Lipinski definition) is 3. The fourth-order valence-electron chi connectivity index (χ4n) is 1.05. The molecular weight excluding hydrogens is 226 g/mol. The molecule has 0 radical (unpaired) electrons. The highest BCUT2D eigenvalue weighted by atomic mass is 19.3. The first-order valence-electron chi connectivity index (χ1n) is 4.48. The molecule has 0 spiro atoms. The summed E-state index contributed by atoms with van der Waals surface area (Å²) in [6.07, 6.45) is -1.04. The highest BCUT2D eigenvalue weighted by molar-refractivity contribution is 5.34. The average Bonchev–Trinajstić information content (AvgIpc) is 2.17. The van der Waals surface area contributed by atoms with Gasteiger partial charge in [0.05, 0.1) is 24.6 Å². The van der Waals surface area contributed by atoms with Gasteiger partial charge in [-0.3, -0.25) is 4.98 Å². The average molecular weight is 237 g/mol. The molecule has 0 N–H and O–H groups in total. The summed E-state index contributed by atoms with van der Waals surface area (Å²) in [5.41, 5.74) is 0.623. The summed E-state index contributed by atoms with van der Waals surface area (Å²) >= 11 is 0. The first kappa shape index (κ1) is 12.7. The van der Waals surface area contributed by atoms with E-state index in [9.17, 15) is 17.6 Å². The summed E-state index contributed by atoms with van der Waals surface area (Å²) in [5.74, 6) is -3.92. The van der Waals surface area contributed by atoms with Gasteiger partial charge in [-0.2, -0.15) is 8.78 Å². The number of hydrogen-bond donors (Lipinski definition) is 0. The third-order valence-electron chi connectivity index (χ3n) is 1.93. The van der Waals surface area contributed by atoms with Gasteiger partial charge in [0.15, 0.2) is 0 Å². The molecule has 1 aromatic heterocycles. The van der Waals surface area contributed by atoms with Gasteiger partial charge in [-0.1, -0.05) is 0 Å². The minimum atomic E-state index is -4.05. The summed E-state index contributed by atoms with van der Waals surface area (Å²) in [6.45, 7) is 0.590. The minimum Gasteiger partial charge on any atom is -0.352 e. The molecule has 0 aliphatic carbocycles. The maximum absolute atomic E-state index is 12.7. The van der Waals surface area contributed by atoms with Crippen LogP contribution < -0.4 is 4.90 Å². The largest absolute Gasteiger partial charge is 0.352 e. The minimum absolute atomic E-state index is 0.130. The molecule has 1 rings (SSSR count). The number of rotatable bonds is 4. The maximum atomic E-state index is 12.7. The topological polar surface area (TPSA) is 29.0 Å². The zero-order chi connectivity index (χ0) is 12.3. The lowest BCUT2D eigenvalue weighted by atomic mass is 10.3. The Morgan fingerprint density at radius 3 is 2.38 bits per heavy atom. The number of aromatic nitrogens is 2. The van der Waals surface area contributed by atoms with Crippen molar-refractivity contribution in [2.24, 2.45) is 0 Å². The number of anilines is 1. The molecule has 7 heteroatoms. The molecule has 90 valence electrons. The molecule has 0 atom stereocenters. The van der Waals surface area contributed by atoms with Crippen molar-refractivity contribution in [1.82, 2.24) is 9.97 Å². The van der Waals surface area contributed by atoms with Crippen LogP contribution in [-0.2, 0) is 0 Å². The molecule has 0 bridgehead atoms. The van der Waals surface area contributed by atoms with Gasteiger partial charge in [0.25, 0.3) is 0 Å². The third kappa shape index (κ3) is 3.04.